The van der Waals surface area contributed by atoms with Crippen LogP contribution in [0.2, 0.25) is 0 Å². The number of ketones is 1. The van der Waals surface area contributed by atoms with Gasteiger partial charge >= 0.3 is 0 Å². The number of anilines is 1. The molecule has 158 valence electrons. The Labute approximate surface area is 185 Å². The third kappa shape index (κ3) is 3.50. The van der Waals surface area contributed by atoms with Crippen LogP contribution in [0.4, 0.5) is 5.69 Å². The number of hydrogen-bond donors (Lipinski definition) is 1. The van der Waals surface area contributed by atoms with E-state index in [0.717, 1.165) is 5.56 Å². The second-order valence-electron chi connectivity index (χ2n) is 7.44. The van der Waals surface area contributed by atoms with Crippen LogP contribution in [0.1, 0.15) is 28.3 Å². The summed E-state index contributed by atoms with van der Waals surface area (Å²) < 4.78 is 5.50. The van der Waals surface area contributed by atoms with Gasteiger partial charge in [-0.25, -0.2) is 0 Å². The number of aliphatic hydroxyl groups is 1. The lowest BCUT2D eigenvalue weighted by Crippen LogP contribution is -2.29. The van der Waals surface area contributed by atoms with Gasteiger partial charge in [0.15, 0.2) is 0 Å². The molecule has 1 fully saturated rings. The first-order valence-corrected chi connectivity index (χ1v) is 9.97. The van der Waals surface area contributed by atoms with Crippen LogP contribution in [0.25, 0.3) is 5.76 Å². The molecule has 3 aromatic carbocycles. The number of nitriles is 1. The van der Waals surface area contributed by atoms with E-state index in [9.17, 15) is 14.7 Å². The van der Waals surface area contributed by atoms with Crippen molar-refractivity contribution in [3.05, 3.63) is 101 Å². The van der Waals surface area contributed by atoms with Gasteiger partial charge in [0.1, 0.15) is 11.5 Å². The van der Waals surface area contributed by atoms with Crippen molar-refractivity contribution in [1.29, 1.82) is 5.26 Å². The molecular weight excluding hydrogens is 404 g/mol. The minimum atomic E-state index is -0.902. The number of carbonyl (C=O) groups is 2. The first-order chi connectivity index (χ1) is 15.5. The molecule has 3 aromatic rings. The lowest BCUT2D eigenvalue weighted by atomic mass is 9.94. The Morgan fingerprint density at radius 1 is 1.00 bits per heavy atom. The lowest BCUT2D eigenvalue weighted by molar-refractivity contribution is -0.132. The number of nitrogens with zero attached hydrogens (tertiary/aromatic N) is 2. The molecule has 6 nitrogen and oxygen atoms in total. The lowest BCUT2D eigenvalue weighted by Gasteiger charge is -2.26. The average molecular weight is 424 g/mol. The second kappa shape index (κ2) is 8.40. The number of carbonyl (C=O) groups excluding carboxylic acids is 2. The highest BCUT2D eigenvalue weighted by Crippen LogP contribution is 2.44. The minimum Gasteiger partial charge on any atom is -0.507 e. The second-order valence-corrected chi connectivity index (χ2v) is 7.44. The van der Waals surface area contributed by atoms with Crippen molar-refractivity contribution in [2.45, 2.75) is 13.0 Å². The molecule has 0 aromatic heterocycles. The van der Waals surface area contributed by atoms with Gasteiger partial charge in [-0.1, -0.05) is 48.0 Å². The molecule has 1 aliphatic rings. The molecule has 1 N–H and O–H groups in total. The minimum absolute atomic E-state index is 0.0206. The van der Waals surface area contributed by atoms with Crippen LogP contribution >= 0.6 is 0 Å². The molecule has 0 saturated carbocycles. The normalized spacial score (nSPS) is 17.3. The van der Waals surface area contributed by atoms with Gasteiger partial charge in [0.25, 0.3) is 11.7 Å². The van der Waals surface area contributed by atoms with Crippen molar-refractivity contribution in [3.63, 3.8) is 0 Å². The molecule has 1 amide bonds. The maximum Gasteiger partial charge on any atom is 0.300 e. The molecule has 0 radical (unpaired) electrons. The number of aryl methyl sites for hydroxylation is 1. The van der Waals surface area contributed by atoms with Gasteiger partial charge in [0.2, 0.25) is 0 Å². The fourth-order valence-electron chi connectivity index (χ4n) is 3.85. The van der Waals surface area contributed by atoms with Crippen molar-refractivity contribution in [2.24, 2.45) is 0 Å². The van der Waals surface area contributed by atoms with Gasteiger partial charge in [-0.3, -0.25) is 14.5 Å². The molecule has 6 heteroatoms. The molecule has 0 aliphatic carbocycles. The summed E-state index contributed by atoms with van der Waals surface area (Å²) in [5, 5.41) is 20.2. The van der Waals surface area contributed by atoms with Crippen LogP contribution in [0.5, 0.6) is 5.75 Å². The van der Waals surface area contributed by atoms with E-state index in [0.29, 0.717) is 28.1 Å². The van der Waals surface area contributed by atoms with Crippen molar-refractivity contribution in [2.75, 3.05) is 12.0 Å². The summed E-state index contributed by atoms with van der Waals surface area (Å²) in [4.78, 5) is 27.7. The van der Waals surface area contributed by atoms with Crippen LogP contribution < -0.4 is 9.64 Å². The van der Waals surface area contributed by atoms with E-state index in [2.05, 4.69) is 0 Å². The Morgan fingerprint density at radius 2 is 1.66 bits per heavy atom. The van der Waals surface area contributed by atoms with Crippen LogP contribution in [0.15, 0.2) is 78.4 Å². The zero-order chi connectivity index (χ0) is 22.8. The number of aliphatic hydroxyl groups excluding tert-OH is 1. The predicted molar refractivity (Wildman–Crippen MR) is 120 cm³/mol. The highest BCUT2D eigenvalue weighted by atomic mass is 16.5. The van der Waals surface area contributed by atoms with Crippen molar-refractivity contribution in [3.8, 4) is 11.8 Å². The first kappa shape index (κ1) is 20.9. The van der Waals surface area contributed by atoms with Crippen LogP contribution in [-0.4, -0.2) is 23.9 Å². The topological polar surface area (TPSA) is 90.6 Å². The van der Waals surface area contributed by atoms with E-state index in [1.165, 1.54) is 12.0 Å². The van der Waals surface area contributed by atoms with E-state index < -0.39 is 17.7 Å². The summed E-state index contributed by atoms with van der Waals surface area (Å²) in [6.45, 7) is 1.92. The third-order valence-corrected chi connectivity index (χ3v) is 5.48. The quantitative estimate of drug-likeness (QED) is 0.378. The van der Waals surface area contributed by atoms with Crippen molar-refractivity contribution in [1.82, 2.24) is 0 Å². The smallest absolute Gasteiger partial charge is 0.300 e. The molecule has 1 unspecified atom stereocenters. The zero-order valence-electron chi connectivity index (χ0n) is 17.6. The molecule has 1 aliphatic heterocycles. The van der Waals surface area contributed by atoms with Crippen LogP contribution in [0.3, 0.4) is 0 Å². The Kier molecular flexibility index (Phi) is 5.48. The summed E-state index contributed by atoms with van der Waals surface area (Å²) >= 11 is 0. The first-order valence-electron chi connectivity index (χ1n) is 9.97. The van der Waals surface area contributed by atoms with Gasteiger partial charge in [-0.15, -0.1) is 0 Å². The summed E-state index contributed by atoms with van der Waals surface area (Å²) in [5.41, 5.74) is 2.85. The fraction of sp³-hybridized carbons (Fsp3) is 0.115. The zero-order valence-corrected chi connectivity index (χ0v) is 17.6. The number of para-hydroxylation sites is 1. The third-order valence-electron chi connectivity index (χ3n) is 5.48. The summed E-state index contributed by atoms with van der Waals surface area (Å²) in [5.74, 6) is -1.33. The molecule has 1 atom stereocenters. The van der Waals surface area contributed by atoms with E-state index in [4.69, 9.17) is 10.00 Å². The number of Topliss-reactive ketones (excluding diaryl/α,β-unsaturated/α-hetero) is 1. The SMILES string of the molecule is COc1ccccc1C1/C(=C(/O)c2ccc(C)cc2)C(=O)C(=O)N1c1ccc(C#N)cc1. The predicted octanol–water partition coefficient (Wildman–Crippen LogP) is 4.50. The van der Waals surface area contributed by atoms with Crippen molar-refractivity contribution >= 4 is 23.1 Å². The Bertz CT molecular complexity index is 1270. The van der Waals surface area contributed by atoms with Gasteiger partial charge in [0, 0.05) is 16.8 Å². The van der Waals surface area contributed by atoms with E-state index in [1.807, 2.05) is 25.1 Å². The Balaban J connectivity index is 1.97. The number of amides is 1. The number of methoxy groups -OCH3 is 1. The Hall–Kier alpha value is -4.37. The summed E-state index contributed by atoms with van der Waals surface area (Å²) in [6.07, 6.45) is 0. The van der Waals surface area contributed by atoms with Gasteiger partial charge in [-0.2, -0.15) is 5.26 Å². The van der Waals surface area contributed by atoms with E-state index in [-0.39, 0.29) is 11.3 Å². The standard InChI is InChI=1S/C26H20N2O4/c1-16-7-11-18(12-8-16)24(29)22-23(20-5-3-4-6-21(20)32-2)28(26(31)25(22)30)19-13-9-17(15-27)10-14-19/h3-14,23,29H,1-2H3/b24-22-. The molecule has 1 heterocycles. The molecule has 32 heavy (non-hydrogen) atoms. The summed E-state index contributed by atoms with van der Waals surface area (Å²) in [7, 11) is 1.51. The van der Waals surface area contributed by atoms with E-state index >= 15 is 0 Å². The fourth-order valence-corrected chi connectivity index (χ4v) is 3.85. The summed E-state index contributed by atoms with van der Waals surface area (Å²) in [6, 6.07) is 21.6. The number of ether oxygens (including phenoxy) is 1. The van der Waals surface area contributed by atoms with Gasteiger partial charge in [-0.05, 0) is 37.3 Å². The van der Waals surface area contributed by atoms with Crippen LogP contribution in [-0.2, 0) is 9.59 Å². The van der Waals surface area contributed by atoms with E-state index in [1.54, 1.807) is 60.7 Å². The number of hydrogen-bond acceptors (Lipinski definition) is 5. The largest absolute Gasteiger partial charge is 0.507 e. The maximum atomic E-state index is 13.2. The van der Waals surface area contributed by atoms with Crippen molar-refractivity contribution < 1.29 is 19.4 Å². The van der Waals surface area contributed by atoms with Gasteiger partial charge < -0.3 is 9.84 Å². The molecule has 0 bridgehead atoms. The number of rotatable bonds is 4. The highest BCUT2D eigenvalue weighted by Gasteiger charge is 2.47. The molecular formula is C26H20N2O4. The molecule has 4 rings (SSSR count). The monoisotopic (exact) mass is 424 g/mol. The Morgan fingerprint density at radius 3 is 2.28 bits per heavy atom. The average Bonchev–Trinajstić information content (AvgIpc) is 3.09. The van der Waals surface area contributed by atoms with Crippen LogP contribution in [0, 0.1) is 18.3 Å². The molecule has 1 saturated heterocycles. The number of benzene rings is 3. The highest BCUT2D eigenvalue weighted by molar-refractivity contribution is 6.51. The maximum absolute atomic E-state index is 13.2. The van der Waals surface area contributed by atoms with Gasteiger partial charge in [0.05, 0.1) is 30.4 Å². The molecule has 0 spiro atoms.